The van der Waals surface area contributed by atoms with Crippen molar-refractivity contribution in [1.29, 1.82) is 0 Å². The molecule has 2 amide bonds. The van der Waals surface area contributed by atoms with Gasteiger partial charge in [0.25, 0.3) is 0 Å². The van der Waals surface area contributed by atoms with Crippen molar-refractivity contribution in [2.75, 3.05) is 5.32 Å². The van der Waals surface area contributed by atoms with Gasteiger partial charge in [-0.25, -0.2) is 4.98 Å². The lowest BCUT2D eigenvalue weighted by molar-refractivity contribution is -0.137. The molecule has 3 heterocycles. The number of halogens is 3. The zero-order valence-electron chi connectivity index (χ0n) is 18.8. The molecule has 0 spiro atoms. The molecule has 10 heteroatoms. The van der Waals surface area contributed by atoms with Crippen molar-refractivity contribution in [2.45, 2.75) is 43.5 Å². The van der Waals surface area contributed by atoms with Crippen LogP contribution in [0.2, 0.25) is 0 Å². The topological polar surface area (TPSA) is 89.5 Å². The number of nitrogens with zero attached hydrogens (tertiary/aromatic N) is 1. The van der Waals surface area contributed by atoms with Gasteiger partial charge in [-0.1, -0.05) is 18.2 Å². The first-order chi connectivity index (χ1) is 17.3. The van der Waals surface area contributed by atoms with E-state index in [2.05, 4.69) is 15.6 Å². The Balaban J connectivity index is 1.13. The summed E-state index contributed by atoms with van der Waals surface area (Å²) in [6.45, 7) is 0. The van der Waals surface area contributed by atoms with E-state index in [1.807, 2.05) is 12.1 Å². The summed E-state index contributed by atoms with van der Waals surface area (Å²) in [6.07, 6.45) is -2.37. The quantitative estimate of drug-likeness (QED) is 0.549. The van der Waals surface area contributed by atoms with E-state index in [1.54, 1.807) is 18.3 Å². The number of carbonyl (C=O) groups excluding carboxylic acids is 2. The molecule has 184 valence electrons. The predicted molar refractivity (Wildman–Crippen MR) is 122 cm³/mol. The zero-order chi connectivity index (χ0) is 25.0. The molecule has 0 saturated heterocycles. The Morgan fingerprint density at radius 2 is 2.03 bits per heavy atom. The number of hydrogen-bond donors (Lipinski definition) is 2. The highest BCUT2D eigenvalue weighted by Crippen LogP contribution is 2.54. The van der Waals surface area contributed by atoms with Gasteiger partial charge in [0, 0.05) is 23.7 Å². The summed E-state index contributed by atoms with van der Waals surface area (Å²) in [5.41, 5.74) is 1.25. The summed E-state index contributed by atoms with van der Waals surface area (Å²) in [7, 11) is 0. The van der Waals surface area contributed by atoms with E-state index in [9.17, 15) is 22.8 Å². The molecule has 7 nitrogen and oxygen atoms in total. The fraction of sp³-hybridized carbons (Fsp3) is 0.269. The van der Waals surface area contributed by atoms with Crippen molar-refractivity contribution in [3.05, 3.63) is 77.0 Å². The lowest BCUT2D eigenvalue weighted by Gasteiger charge is -2.19. The van der Waals surface area contributed by atoms with Crippen molar-refractivity contribution in [1.82, 2.24) is 10.3 Å². The lowest BCUT2D eigenvalue weighted by atomic mass is 10.1. The Bertz CT molecular complexity index is 1390. The largest absolute Gasteiger partial charge is 0.487 e. The van der Waals surface area contributed by atoms with Crippen LogP contribution in [0.4, 0.5) is 19.0 Å². The van der Waals surface area contributed by atoms with Gasteiger partial charge >= 0.3 is 6.18 Å². The molecule has 0 radical (unpaired) electrons. The maximum absolute atomic E-state index is 12.9. The predicted octanol–water partition coefficient (Wildman–Crippen LogP) is 4.36. The standard InChI is InChI=1S/C26H20F3N3O4/c27-26(28,29)14-3-1-2-13(10-14)11-21(34)31-23-22-17-12-15(4-6-18(17)36-24(22)23)35-19-8-9-30-25-16(19)5-7-20(33)32-25/h1-4,6,8-10,12,22-24H,5,7,11H2,(H,31,34)(H,30,32,33)/t22-,23+,24-/m0/s1. The van der Waals surface area contributed by atoms with E-state index in [1.165, 1.54) is 12.1 Å². The number of hydrogen-bond acceptors (Lipinski definition) is 5. The highest BCUT2D eigenvalue weighted by Gasteiger charge is 2.59. The molecule has 1 aromatic heterocycles. The highest BCUT2D eigenvalue weighted by molar-refractivity contribution is 5.93. The first kappa shape index (κ1) is 22.4. The smallest absolute Gasteiger partial charge is 0.416 e. The van der Waals surface area contributed by atoms with Crippen LogP contribution >= 0.6 is 0 Å². The molecule has 3 aromatic rings. The van der Waals surface area contributed by atoms with E-state index in [4.69, 9.17) is 9.47 Å². The van der Waals surface area contributed by atoms with Crippen LogP contribution in [0.5, 0.6) is 17.2 Å². The van der Waals surface area contributed by atoms with Crippen LogP contribution < -0.4 is 20.1 Å². The van der Waals surface area contributed by atoms with Gasteiger partial charge in [0.1, 0.15) is 29.2 Å². The molecule has 0 unspecified atom stereocenters. The van der Waals surface area contributed by atoms with Crippen LogP contribution in [0.1, 0.15) is 34.6 Å². The number of carbonyl (C=O) groups is 2. The van der Waals surface area contributed by atoms with Crippen molar-refractivity contribution in [3.8, 4) is 17.2 Å². The van der Waals surface area contributed by atoms with Gasteiger partial charge in [-0.15, -0.1) is 0 Å². The van der Waals surface area contributed by atoms with Crippen molar-refractivity contribution in [2.24, 2.45) is 0 Å². The zero-order valence-corrected chi connectivity index (χ0v) is 18.8. The van der Waals surface area contributed by atoms with Gasteiger partial charge in [0.05, 0.1) is 23.9 Å². The average molecular weight is 495 g/mol. The Hall–Kier alpha value is -4.08. The summed E-state index contributed by atoms with van der Waals surface area (Å²) in [4.78, 5) is 28.4. The first-order valence-corrected chi connectivity index (χ1v) is 11.5. The Kier molecular flexibility index (Phi) is 5.13. The second kappa shape index (κ2) is 8.25. The number of aromatic nitrogens is 1. The summed E-state index contributed by atoms with van der Waals surface area (Å²) in [6, 6.07) is 11.7. The van der Waals surface area contributed by atoms with Crippen molar-refractivity contribution in [3.63, 3.8) is 0 Å². The normalized spacial score (nSPS) is 21.4. The fourth-order valence-corrected chi connectivity index (χ4v) is 4.84. The number of amides is 2. The fourth-order valence-electron chi connectivity index (χ4n) is 4.84. The molecule has 6 rings (SSSR count). The Morgan fingerprint density at radius 3 is 2.86 bits per heavy atom. The minimum absolute atomic E-state index is 0.0559. The van der Waals surface area contributed by atoms with Gasteiger partial charge in [0.2, 0.25) is 11.8 Å². The summed E-state index contributed by atoms with van der Waals surface area (Å²) >= 11 is 0. The minimum atomic E-state index is -4.46. The van der Waals surface area contributed by atoms with Gasteiger partial charge in [-0.2, -0.15) is 13.2 Å². The van der Waals surface area contributed by atoms with Crippen molar-refractivity contribution < 1.29 is 32.2 Å². The van der Waals surface area contributed by atoms with E-state index in [-0.39, 0.29) is 36.3 Å². The maximum atomic E-state index is 12.9. The van der Waals surface area contributed by atoms with Crippen LogP contribution in [0.25, 0.3) is 0 Å². The van der Waals surface area contributed by atoms with E-state index >= 15 is 0 Å². The molecule has 1 aliphatic carbocycles. The maximum Gasteiger partial charge on any atom is 0.416 e. The number of nitrogens with one attached hydrogen (secondary N) is 2. The van der Waals surface area contributed by atoms with E-state index < -0.39 is 11.7 Å². The molecule has 2 aromatic carbocycles. The highest BCUT2D eigenvalue weighted by atomic mass is 19.4. The van der Waals surface area contributed by atoms with Gasteiger partial charge < -0.3 is 20.1 Å². The van der Waals surface area contributed by atoms with E-state index in [0.717, 1.165) is 23.3 Å². The minimum Gasteiger partial charge on any atom is -0.487 e. The summed E-state index contributed by atoms with van der Waals surface area (Å²) in [5, 5.41) is 5.63. The van der Waals surface area contributed by atoms with Crippen LogP contribution in [0, 0.1) is 0 Å². The lowest BCUT2D eigenvalue weighted by Crippen LogP contribution is -2.31. The third-order valence-electron chi connectivity index (χ3n) is 6.60. The number of anilines is 1. The third-order valence-corrected chi connectivity index (χ3v) is 6.60. The number of ether oxygens (including phenoxy) is 2. The SMILES string of the molecule is O=C1CCc2c(Oc3ccc4c(c3)[C@H]3[C@@H](NC(=O)Cc5cccc(C(F)(F)F)c5)[C@H]3O4)ccnc2N1. The molecule has 1 fully saturated rings. The van der Waals surface area contributed by atoms with Crippen molar-refractivity contribution >= 4 is 17.6 Å². The average Bonchev–Trinajstić information content (AvgIpc) is 3.34. The molecule has 3 atom stereocenters. The van der Waals surface area contributed by atoms with Crippen LogP contribution in [0.3, 0.4) is 0 Å². The Morgan fingerprint density at radius 1 is 1.17 bits per heavy atom. The molecule has 0 bridgehead atoms. The molecule has 3 aliphatic rings. The molecular weight excluding hydrogens is 475 g/mol. The number of pyridine rings is 1. The monoisotopic (exact) mass is 495 g/mol. The number of alkyl halides is 3. The van der Waals surface area contributed by atoms with Crippen LogP contribution in [-0.2, 0) is 28.6 Å². The first-order valence-electron chi connectivity index (χ1n) is 11.5. The summed E-state index contributed by atoms with van der Waals surface area (Å²) < 4.78 is 50.9. The van der Waals surface area contributed by atoms with Crippen LogP contribution in [0.15, 0.2) is 54.7 Å². The van der Waals surface area contributed by atoms with Gasteiger partial charge in [-0.3, -0.25) is 9.59 Å². The van der Waals surface area contributed by atoms with Crippen LogP contribution in [-0.4, -0.2) is 28.9 Å². The Labute approximate surface area is 203 Å². The molecule has 1 saturated carbocycles. The third kappa shape index (κ3) is 4.12. The van der Waals surface area contributed by atoms with Gasteiger partial charge in [0.15, 0.2) is 0 Å². The second-order valence-corrected chi connectivity index (χ2v) is 9.06. The molecule has 2 N–H and O–H groups in total. The molecule has 2 aliphatic heterocycles. The second-order valence-electron chi connectivity index (χ2n) is 9.06. The van der Waals surface area contributed by atoms with Gasteiger partial charge in [-0.05, 0) is 42.3 Å². The number of fused-ring (bicyclic) bond motifs is 4. The molecular formula is C26H20F3N3O4. The number of rotatable bonds is 5. The molecule has 36 heavy (non-hydrogen) atoms. The summed E-state index contributed by atoms with van der Waals surface area (Å²) in [5.74, 6) is 1.91. The number of benzene rings is 2. The van der Waals surface area contributed by atoms with E-state index in [0.29, 0.717) is 41.5 Å².